The van der Waals surface area contributed by atoms with E-state index in [1.165, 1.54) is 25.7 Å². The van der Waals surface area contributed by atoms with Crippen molar-refractivity contribution in [3.8, 4) is 0 Å². The van der Waals surface area contributed by atoms with E-state index in [1.54, 1.807) is 5.57 Å². The molecule has 0 aliphatic heterocycles. The molecule has 0 radical (unpaired) electrons. The number of ether oxygens (including phenoxy) is 1. The molecule has 2 unspecified atom stereocenters. The van der Waals surface area contributed by atoms with Crippen molar-refractivity contribution in [3.63, 3.8) is 0 Å². The molecule has 2 aliphatic rings. The number of hydrogen-bond donors (Lipinski definition) is 0. The first kappa shape index (κ1) is 12.7. The van der Waals surface area contributed by atoms with Crippen molar-refractivity contribution < 1.29 is 9.53 Å². The molecule has 0 spiro atoms. The van der Waals surface area contributed by atoms with Crippen molar-refractivity contribution in [2.45, 2.75) is 59.5 Å². The summed E-state index contributed by atoms with van der Waals surface area (Å²) in [4.78, 5) is 10.4. The zero-order valence-corrected chi connectivity index (χ0v) is 11.5. The van der Waals surface area contributed by atoms with Crippen molar-refractivity contribution in [1.29, 1.82) is 0 Å². The maximum absolute atomic E-state index is 10.4. The van der Waals surface area contributed by atoms with Gasteiger partial charge in [0.1, 0.15) is 6.10 Å². The van der Waals surface area contributed by atoms with E-state index in [0.29, 0.717) is 17.8 Å². The Bertz CT molecular complexity index is 327. The van der Waals surface area contributed by atoms with Crippen LogP contribution in [0, 0.1) is 16.7 Å². The third-order valence-electron chi connectivity index (χ3n) is 4.67. The maximum Gasteiger partial charge on any atom is 0.293 e. The van der Waals surface area contributed by atoms with E-state index in [0.717, 1.165) is 0 Å². The van der Waals surface area contributed by atoms with Crippen LogP contribution in [0.4, 0.5) is 0 Å². The predicted octanol–water partition coefficient (Wildman–Crippen LogP) is 3.71. The number of carbonyl (C=O) groups is 1. The molecule has 0 aromatic heterocycles. The van der Waals surface area contributed by atoms with Gasteiger partial charge in [0.25, 0.3) is 6.47 Å². The summed E-state index contributed by atoms with van der Waals surface area (Å²) in [6.45, 7) is 9.65. The van der Waals surface area contributed by atoms with Crippen molar-refractivity contribution >= 4 is 6.47 Å². The van der Waals surface area contributed by atoms with Gasteiger partial charge in [-0.05, 0) is 31.1 Å². The van der Waals surface area contributed by atoms with Gasteiger partial charge >= 0.3 is 0 Å². The number of allylic oxidation sites excluding steroid dienone is 1. The maximum atomic E-state index is 10.4. The van der Waals surface area contributed by atoms with E-state index in [1.807, 2.05) is 0 Å². The van der Waals surface area contributed by atoms with Crippen LogP contribution >= 0.6 is 0 Å². The van der Waals surface area contributed by atoms with Gasteiger partial charge in [0.15, 0.2) is 0 Å². The fourth-order valence-electron chi connectivity index (χ4n) is 2.92. The third kappa shape index (κ3) is 2.56. The molecule has 0 aromatic rings. The van der Waals surface area contributed by atoms with Crippen LogP contribution in [-0.4, -0.2) is 12.6 Å². The normalized spacial score (nSPS) is 34.0. The summed E-state index contributed by atoms with van der Waals surface area (Å²) >= 11 is 0. The number of hydrogen-bond acceptors (Lipinski definition) is 2. The van der Waals surface area contributed by atoms with Crippen LogP contribution in [0.1, 0.15) is 53.4 Å². The van der Waals surface area contributed by atoms with E-state index >= 15 is 0 Å². The highest BCUT2D eigenvalue weighted by molar-refractivity contribution is 5.40. The van der Waals surface area contributed by atoms with Crippen LogP contribution in [0.15, 0.2) is 11.6 Å². The topological polar surface area (TPSA) is 26.3 Å². The van der Waals surface area contributed by atoms with Crippen molar-refractivity contribution in [2.75, 3.05) is 0 Å². The molecule has 2 aliphatic carbocycles. The molecule has 0 heterocycles. The van der Waals surface area contributed by atoms with E-state index in [2.05, 4.69) is 33.8 Å². The fraction of sp³-hybridized carbons (Fsp3) is 0.800. The van der Waals surface area contributed by atoms with Gasteiger partial charge in [0.05, 0.1) is 0 Å². The Morgan fingerprint density at radius 1 is 1.18 bits per heavy atom. The molecule has 2 fully saturated rings. The molecule has 0 aromatic carbocycles. The smallest absolute Gasteiger partial charge is 0.293 e. The lowest BCUT2D eigenvalue weighted by atomic mass is 9.75. The van der Waals surface area contributed by atoms with Crippen LogP contribution in [0.3, 0.4) is 0 Å². The van der Waals surface area contributed by atoms with Gasteiger partial charge in [-0.3, -0.25) is 4.79 Å². The first-order valence-electron chi connectivity index (χ1n) is 6.65. The summed E-state index contributed by atoms with van der Waals surface area (Å²) in [7, 11) is 0. The molecule has 2 rings (SSSR count). The SMILES string of the molecule is CC1(C)CCC(=CC2C(OC=O)C2(C)C)CC1. The van der Waals surface area contributed by atoms with Gasteiger partial charge in [-0.25, -0.2) is 0 Å². The van der Waals surface area contributed by atoms with E-state index < -0.39 is 0 Å². The van der Waals surface area contributed by atoms with Crippen LogP contribution in [0.5, 0.6) is 0 Å². The third-order valence-corrected chi connectivity index (χ3v) is 4.67. The molecule has 0 saturated heterocycles. The van der Waals surface area contributed by atoms with E-state index in [-0.39, 0.29) is 11.5 Å². The highest BCUT2D eigenvalue weighted by Gasteiger charge is 2.59. The number of carbonyl (C=O) groups excluding carboxylic acids is 1. The van der Waals surface area contributed by atoms with Gasteiger partial charge in [0, 0.05) is 11.3 Å². The van der Waals surface area contributed by atoms with Crippen LogP contribution < -0.4 is 0 Å². The molecule has 17 heavy (non-hydrogen) atoms. The first-order chi connectivity index (χ1) is 7.87. The molecule has 96 valence electrons. The van der Waals surface area contributed by atoms with Gasteiger partial charge in [-0.1, -0.05) is 39.3 Å². The van der Waals surface area contributed by atoms with Crippen molar-refractivity contribution in [1.82, 2.24) is 0 Å². The second kappa shape index (κ2) is 4.15. The zero-order chi connectivity index (χ0) is 12.7. The Hall–Kier alpha value is -0.790. The Kier molecular flexibility index (Phi) is 3.09. The Balaban J connectivity index is 1.96. The molecule has 0 bridgehead atoms. The largest absolute Gasteiger partial charge is 0.463 e. The standard InChI is InChI=1S/C15H24O2/c1-14(2)7-5-11(6-8-14)9-12-13(17-10-16)15(12,3)4/h9-10,12-13H,5-8H2,1-4H3. The highest BCUT2D eigenvalue weighted by atomic mass is 16.5. The highest BCUT2D eigenvalue weighted by Crippen LogP contribution is 2.55. The minimum atomic E-state index is 0.0995. The average Bonchev–Trinajstić information content (AvgIpc) is 2.73. The summed E-state index contributed by atoms with van der Waals surface area (Å²) in [5.74, 6) is 0.434. The Morgan fingerprint density at radius 2 is 1.76 bits per heavy atom. The second-order valence-electron chi connectivity index (χ2n) is 6.99. The lowest BCUT2D eigenvalue weighted by Crippen LogP contribution is -2.16. The monoisotopic (exact) mass is 236 g/mol. The fourth-order valence-corrected chi connectivity index (χ4v) is 2.92. The lowest BCUT2D eigenvalue weighted by Gasteiger charge is -2.30. The summed E-state index contributed by atoms with van der Waals surface area (Å²) in [6.07, 6.45) is 7.48. The molecule has 0 amide bonds. The Morgan fingerprint density at radius 3 is 2.29 bits per heavy atom. The van der Waals surface area contributed by atoms with Crippen LogP contribution in [0.25, 0.3) is 0 Å². The molecule has 2 atom stereocenters. The second-order valence-corrected chi connectivity index (χ2v) is 6.99. The van der Waals surface area contributed by atoms with Crippen molar-refractivity contribution in [3.05, 3.63) is 11.6 Å². The molecule has 2 nitrogen and oxygen atoms in total. The van der Waals surface area contributed by atoms with Gasteiger partial charge in [0.2, 0.25) is 0 Å². The summed E-state index contributed by atoms with van der Waals surface area (Å²) in [5, 5.41) is 0. The van der Waals surface area contributed by atoms with E-state index in [4.69, 9.17) is 4.74 Å². The quantitative estimate of drug-likeness (QED) is 0.551. The van der Waals surface area contributed by atoms with Crippen LogP contribution in [0.2, 0.25) is 0 Å². The minimum absolute atomic E-state index is 0.0995. The van der Waals surface area contributed by atoms with Gasteiger partial charge in [-0.15, -0.1) is 0 Å². The summed E-state index contributed by atoms with van der Waals surface area (Å²) in [5.41, 5.74) is 2.22. The van der Waals surface area contributed by atoms with Gasteiger partial charge in [-0.2, -0.15) is 0 Å². The molecular formula is C15H24O2. The minimum Gasteiger partial charge on any atom is -0.463 e. The molecule has 2 saturated carbocycles. The van der Waals surface area contributed by atoms with Crippen LogP contribution in [-0.2, 0) is 9.53 Å². The summed E-state index contributed by atoms with van der Waals surface area (Å²) in [6, 6.07) is 0. The van der Waals surface area contributed by atoms with Crippen molar-refractivity contribution in [2.24, 2.45) is 16.7 Å². The Labute approximate surface area is 104 Å². The molecule has 2 heteroatoms. The first-order valence-corrected chi connectivity index (χ1v) is 6.65. The molecular weight excluding hydrogens is 212 g/mol. The number of rotatable bonds is 3. The predicted molar refractivity (Wildman–Crippen MR) is 68.5 cm³/mol. The zero-order valence-electron chi connectivity index (χ0n) is 11.5. The lowest BCUT2D eigenvalue weighted by molar-refractivity contribution is -0.130. The summed E-state index contributed by atoms with van der Waals surface area (Å²) < 4.78 is 5.14. The molecule has 0 N–H and O–H groups in total. The van der Waals surface area contributed by atoms with E-state index in [9.17, 15) is 4.79 Å². The average molecular weight is 236 g/mol. The van der Waals surface area contributed by atoms with Gasteiger partial charge < -0.3 is 4.74 Å².